The van der Waals surface area contributed by atoms with E-state index >= 15 is 0 Å². The molecular weight excluding hydrogens is 549 g/mol. The summed E-state index contributed by atoms with van der Waals surface area (Å²) in [7, 11) is 4.33. The summed E-state index contributed by atoms with van der Waals surface area (Å²) >= 11 is 0. The maximum Gasteiger partial charge on any atom is 0.293 e. The standard InChI is InChI=1S/C29H31F3N4O4.C2H6.H2/c1-15-11-17(30)12-16(2)23(15)40-24-18(9-10-34(6)27(24)39)20-14-35(7)26(38)22-19(20)13-21(33-22)25(37)36(8)28(3,4)29(5,31)32;1-2;/h9-14,33H,1-8H3;1-2H3;1H. The van der Waals surface area contributed by atoms with Crippen LogP contribution in [0.3, 0.4) is 0 Å². The summed E-state index contributed by atoms with van der Waals surface area (Å²) in [6.07, 6.45) is 3.04. The first-order valence-corrected chi connectivity index (χ1v) is 13.5. The Morgan fingerprint density at radius 1 is 0.952 bits per heavy atom. The van der Waals surface area contributed by atoms with Gasteiger partial charge in [0.2, 0.25) is 0 Å². The highest BCUT2D eigenvalue weighted by molar-refractivity contribution is 6.03. The number of hydrogen-bond acceptors (Lipinski definition) is 4. The van der Waals surface area contributed by atoms with Crippen LogP contribution in [0.2, 0.25) is 0 Å². The van der Waals surface area contributed by atoms with E-state index in [-0.39, 0.29) is 18.4 Å². The van der Waals surface area contributed by atoms with Crippen LogP contribution in [0, 0.1) is 19.7 Å². The molecule has 0 bridgehead atoms. The maximum atomic E-state index is 14.3. The van der Waals surface area contributed by atoms with Crippen molar-refractivity contribution in [3.8, 4) is 22.6 Å². The molecule has 0 spiro atoms. The minimum absolute atomic E-state index is 0. The first-order valence-electron chi connectivity index (χ1n) is 13.5. The van der Waals surface area contributed by atoms with Crippen molar-refractivity contribution in [1.29, 1.82) is 0 Å². The number of halogens is 3. The number of nitrogens with zero attached hydrogens (tertiary/aromatic N) is 3. The first kappa shape index (κ1) is 32.2. The molecule has 0 aliphatic heterocycles. The Balaban J connectivity index is 0.00000211. The summed E-state index contributed by atoms with van der Waals surface area (Å²) in [6.45, 7) is 10.6. The van der Waals surface area contributed by atoms with Crippen molar-refractivity contribution in [3.63, 3.8) is 0 Å². The summed E-state index contributed by atoms with van der Waals surface area (Å²) in [5.74, 6) is -4.16. The predicted molar refractivity (Wildman–Crippen MR) is 160 cm³/mol. The number of pyridine rings is 2. The van der Waals surface area contributed by atoms with E-state index in [1.807, 2.05) is 13.8 Å². The fourth-order valence-corrected chi connectivity index (χ4v) is 4.47. The van der Waals surface area contributed by atoms with Crippen molar-refractivity contribution in [2.45, 2.75) is 59.9 Å². The molecule has 228 valence electrons. The Morgan fingerprint density at radius 2 is 1.52 bits per heavy atom. The third-order valence-corrected chi connectivity index (χ3v) is 7.56. The number of carbonyl (C=O) groups is 1. The topological polar surface area (TPSA) is 89.3 Å². The highest BCUT2D eigenvalue weighted by atomic mass is 19.3. The number of rotatable bonds is 6. The number of carbonyl (C=O) groups excluding carboxylic acids is 1. The number of alkyl halides is 2. The van der Waals surface area contributed by atoms with E-state index in [0.717, 1.165) is 11.8 Å². The van der Waals surface area contributed by atoms with Crippen LogP contribution in [0.25, 0.3) is 22.0 Å². The molecule has 3 aromatic heterocycles. The van der Waals surface area contributed by atoms with Crippen LogP contribution in [0.4, 0.5) is 13.2 Å². The summed E-state index contributed by atoms with van der Waals surface area (Å²) < 4.78 is 51.2. The highest BCUT2D eigenvalue weighted by Gasteiger charge is 2.47. The Morgan fingerprint density at radius 3 is 2.07 bits per heavy atom. The molecule has 1 N–H and O–H groups in total. The average molecular weight is 589 g/mol. The van der Waals surface area contributed by atoms with Gasteiger partial charge in [-0.05, 0) is 63.1 Å². The summed E-state index contributed by atoms with van der Waals surface area (Å²) in [6, 6.07) is 5.62. The quantitative estimate of drug-likeness (QED) is 0.276. The van der Waals surface area contributed by atoms with Crippen molar-refractivity contribution in [2.75, 3.05) is 7.05 Å². The van der Waals surface area contributed by atoms with E-state index in [1.165, 1.54) is 67.7 Å². The molecule has 0 saturated carbocycles. The molecule has 0 aliphatic rings. The first-order chi connectivity index (χ1) is 19.5. The zero-order chi connectivity index (χ0) is 31.9. The van der Waals surface area contributed by atoms with Crippen LogP contribution in [-0.2, 0) is 14.1 Å². The smallest absolute Gasteiger partial charge is 0.293 e. The van der Waals surface area contributed by atoms with Gasteiger partial charge in [0.15, 0.2) is 5.75 Å². The van der Waals surface area contributed by atoms with Gasteiger partial charge in [0.05, 0.1) is 0 Å². The van der Waals surface area contributed by atoms with Crippen LogP contribution in [-0.4, -0.2) is 43.4 Å². The maximum absolute atomic E-state index is 14.3. The number of nitrogens with one attached hydrogen (secondary N) is 1. The number of ether oxygens (including phenoxy) is 1. The van der Waals surface area contributed by atoms with Gasteiger partial charge in [-0.25, -0.2) is 13.2 Å². The second-order valence-corrected chi connectivity index (χ2v) is 10.7. The van der Waals surface area contributed by atoms with Gasteiger partial charge in [-0.1, -0.05) is 13.8 Å². The average Bonchev–Trinajstić information content (AvgIpc) is 3.36. The van der Waals surface area contributed by atoms with E-state index in [2.05, 4.69) is 4.98 Å². The molecule has 4 aromatic rings. The van der Waals surface area contributed by atoms with Crippen LogP contribution in [0.5, 0.6) is 11.5 Å². The molecule has 0 aliphatic carbocycles. The van der Waals surface area contributed by atoms with Crippen LogP contribution >= 0.6 is 0 Å². The van der Waals surface area contributed by atoms with E-state index < -0.39 is 34.3 Å². The van der Waals surface area contributed by atoms with Crippen LogP contribution in [0.1, 0.15) is 57.7 Å². The number of aromatic amines is 1. The number of aryl methyl sites for hydroxylation is 4. The van der Waals surface area contributed by atoms with E-state index in [4.69, 9.17) is 4.74 Å². The van der Waals surface area contributed by atoms with Crippen LogP contribution in [0.15, 0.2) is 46.2 Å². The number of fused-ring (bicyclic) bond motifs is 1. The van der Waals surface area contributed by atoms with E-state index in [9.17, 15) is 27.6 Å². The number of amides is 1. The number of hydrogen-bond donors (Lipinski definition) is 1. The van der Waals surface area contributed by atoms with Crippen LogP contribution < -0.4 is 15.9 Å². The van der Waals surface area contributed by atoms with Crippen molar-refractivity contribution in [2.24, 2.45) is 14.1 Å². The zero-order valence-electron chi connectivity index (χ0n) is 25.6. The Labute approximate surface area is 243 Å². The lowest BCUT2D eigenvalue weighted by Crippen LogP contribution is -2.55. The van der Waals surface area contributed by atoms with E-state index in [1.54, 1.807) is 27.0 Å². The molecule has 11 heteroatoms. The van der Waals surface area contributed by atoms with Gasteiger partial charge < -0.3 is 23.8 Å². The molecule has 42 heavy (non-hydrogen) atoms. The van der Waals surface area contributed by atoms with Crippen molar-refractivity contribution in [1.82, 2.24) is 19.0 Å². The van der Waals surface area contributed by atoms with Crippen molar-refractivity contribution < 1.29 is 24.1 Å². The molecule has 4 rings (SSSR count). The molecule has 1 amide bonds. The lowest BCUT2D eigenvalue weighted by atomic mass is 9.95. The molecule has 0 saturated heterocycles. The summed E-state index contributed by atoms with van der Waals surface area (Å²) in [5, 5.41) is 0.298. The Kier molecular flexibility index (Phi) is 8.86. The minimum atomic E-state index is -3.21. The highest BCUT2D eigenvalue weighted by Crippen LogP contribution is 2.38. The summed E-state index contributed by atoms with van der Waals surface area (Å²) in [4.78, 5) is 43.4. The van der Waals surface area contributed by atoms with E-state index in [0.29, 0.717) is 33.4 Å². The number of aromatic nitrogens is 3. The minimum Gasteiger partial charge on any atom is -0.450 e. The van der Waals surface area contributed by atoms with Gasteiger partial charge in [0.1, 0.15) is 28.3 Å². The van der Waals surface area contributed by atoms with Gasteiger partial charge in [0.25, 0.3) is 22.9 Å². The monoisotopic (exact) mass is 588 g/mol. The van der Waals surface area contributed by atoms with Gasteiger partial charge in [-0.3, -0.25) is 14.4 Å². The molecule has 1 aromatic carbocycles. The molecule has 0 unspecified atom stereocenters. The zero-order valence-corrected chi connectivity index (χ0v) is 25.6. The van der Waals surface area contributed by atoms with Gasteiger partial charge in [-0.2, -0.15) is 0 Å². The molecule has 0 fully saturated rings. The fraction of sp³-hybridized carbons (Fsp3) is 0.387. The second-order valence-electron chi connectivity index (χ2n) is 10.7. The SMILES string of the molecule is CC.Cc1cc(F)cc(C)c1Oc1c(-c2cn(C)c(=O)c3[nH]c(C(=O)N(C)C(C)(C)C(C)(F)F)cc23)ccn(C)c1=O.[HH]. The predicted octanol–water partition coefficient (Wildman–Crippen LogP) is 6.56. The number of H-pyrrole nitrogens is 1. The molecule has 3 heterocycles. The molecule has 0 atom stereocenters. The van der Waals surface area contributed by atoms with Gasteiger partial charge in [0, 0.05) is 58.4 Å². The van der Waals surface area contributed by atoms with Gasteiger partial charge >= 0.3 is 0 Å². The normalized spacial score (nSPS) is 11.7. The molecule has 0 radical (unpaired) electrons. The van der Waals surface area contributed by atoms with Gasteiger partial charge in [-0.15, -0.1) is 0 Å². The molecule has 8 nitrogen and oxygen atoms in total. The third kappa shape index (κ3) is 5.60. The number of benzene rings is 1. The summed E-state index contributed by atoms with van der Waals surface area (Å²) in [5.41, 5.74) is -1.13. The second kappa shape index (κ2) is 11.5. The van der Waals surface area contributed by atoms with Crippen molar-refractivity contribution >= 4 is 16.8 Å². The lowest BCUT2D eigenvalue weighted by molar-refractivity contribution is -0.0962. The Hall–Kier alpha value is -4.28. The third-order valence-electron chi connectivity index (χ3n) is 7.56. The molecular formula is C31H39F3N4O4. The Bertz CT molecular complexity index is 1760. The largest absolute Gasteiger partial charge is 0.450 e. The fourth-order valence-electron chi connectivity index (χ4n) is 4.47. The lowest BCUT2D eigenvalue weighted by Gasteiger charge is -2.39. The van der Waals surface area contributed by atoms with Crippen molar-refractivity contribution in [3.05, 3.63) is 80.0 Å².